The molecule has 1 N–H and O–H groups in total. The average Bonchev–Trinajstić information content (AvgIpc) is 2.75. The van der Waals surface area contributed by atoms with Gasteiger partial charge >= 0.3 is 0 Å². The van der Waals surface area contributed by atoms with Crippen molar-refractivity contribution >= 4 is 15.9 Å². The maximum Gasteiger partial charge on any atom is 0.0654 e. The van der Waals surface area contributed by atoms with Gasteiger partial charge in [-0.3, -0.25) is 0 Å². The summed E-state index contributed by atoms with van der Waals surface area (Å²) < 4.78 is 0. The van der Waals surface area contributed by atoms with Crippen molar-refractivity contribution in [2.75, 3.05) is 0 Å². The number of hydrogen-bond donors (Lipinski definition) is 1. The summed E-state index contributed by atoms with van der Waals surface area (Å²) in [6.07, 6.45) is 8.43. The number of allylic oxidation sites excluding steroid dienone is 2. The van der Waals surface area contributed by atoms with Gasteiger partial charge in [-0.2, -0.15) is 0 Å². The molecule has 0 aliphatic heterocycles. The minimum absolute atomic E-state index is 0.258. The molecule has 3 aliphatic carbocycles. The van der Waals surface area contributed by atoms with Crippen LogP contribution in [-0.4, -0.2) is 15.5 Å². The van der Waals surface area contributed by atoms with Gasteiger partial charge in [-0.1, -0.05) is 47.8 Å². The Bertz CT molecular complexity index is 492. The van der Waals surface area contributed by atoms with Gasteiger partial charge in [0.25, 0.3) is 0 Å². The third kappa shape index (κ3) is 2.35. The van der Waals surface area contributed by atoms with Crippen molar-refractivity contribution in [2.24, 2.45) is 22.7 Å². The fourth-order valence-electron chi connectivity index (χ4n) is 6.02. The van der Waals surface area contributed by atoms with E-state index in [9.17, 15) is 5.11 Å². The minimum atomic E-state index is -0.493. The van der Waals surface area contributed by atoms with Gasteiger partial charge in [-0.15, -0.1) is 0 Å². The number of fused-ring (bicyclic) bond motifs is 1. The van der Waals surface area contributed by atoms with E-state index in [2.05, 4.69) is 50.5 Å². The third-order valence-corrected chi connectivity index (χ3v) is 9.25. The second kappa shape index (κ2) is 5.34. The number of halogens is 1. The number of aliphatic hydroxyl groups is 1. The van der Waals surface area contributed by atoms with Crippen molar-refractivity contribution in [1.82, 2.24) is 0 Å². The molecule has 2 heteroatoms. The quantitative estimate of drug-likeness (QED) is 0.454. The Labute approximate surface area is 145 Å². The Morgan fingerprint density at radius 3 is 2.41 bits per heavy atom. The van der Waals surface area contributed by atoms with Crippen LogP contribution < -0.4 is 0 Å². The van der Waals surface area contributed by atoms with E-state index in [4.69, 9.17) is 0 Å². The number of alkyl halides is 1. The van der Waals surface area contributed by atoms with Crippen molar-refractivity contribution in [3.05, 3.63) is 11.1 Å². The molecule has 0 aromatic rings. The summed E-state index contributed by atoms with van der Waals surface area (Å²) in [5.74, 6) is 1.11. The highest BCUT2D eigenvalue weighted by molar-refractivity contribution is 9.09. The second-order valence-electron chi connectivity index (χ2n) is 9.21. The van der Waals surface area contributed by atoms with Crippen molar-refractivity contribution in [3.8, 4) is 0 Å². The first kappa shape index (κ1) is 17.0. The van der Waals surface area contributed by atoms with E-state index < -0.39 is 5.60 Å². The Balaban J connectivity index is 1.95. The van der Waals surface area contributed by atoms with Crippen LogP contribution in [0.15, 0.2) is 11.1 Å². The van der Waals surface area contributed by atoms with E-state index in [1.54, 1.807) is 11.1 Å². The lowest BCUT2D eigenvalue weighted by Gasteiger charge is -2.59. The van der Waals surface area contributed by atoms with Crippen molar-refractivity contribution in [1.29, 1.82) is 0 Å². The molecule has 0 unspecified atom stereocenters. The molecule has 3 aliphatic rings. The van der Waals surface area contributed by atoms with Crippen LogP contribution >= 0.6 is 15.9 Å². The van der Waals surface area contributed by atoms with Crippen molar-refractivity contribution < 1.29 is 5.11 Å². The maximum absolute atomic E-state index is 11.1. The summed E-state index contributed by atoms with van der Waals surface area (Å²) in [4.78, 5) is 0.567. The molecular weight excluding hydrogens is 336 g/mol. The molecule has 126 valence electrons. The first-order valence-corrected chi connectivity index (χ1v) is 10.1. The van der Waals surface area contributed by atoms with Crippen LogP contribution in [0.3, 0.4) is 0 Å². The van der Waals surface area contributed by atoms with Crippen molar-refractivity contribution in [3.63, 3.8) is 0 Å². The lowest BCUT2D eigenvalue weighted by atomic mass is 9.49. The number of hydrogen-bond acceptors (Lipinski definition) is 1. The zero-order valence-electron chi connectivity index (χ0n) is 15.0. The van der Waals surface area contributed by atoms with Crippen LogP contribution in [0.5, 0.6) is 0 Å². The van der Waals surface area contributed by atoms with E-state index >= 15 is 0 Å². The van der Waals surface area contributed by atoms with Gasteiger partial charge in [0.05, 0.1) is 5.60 Å². The molecule has 2 saturated carbocycles. The molecule has 0 aromatic carbocycles. The van der Waals surface area contributed by atoms with Gasteiger partial charge in [0.1, 0.15) is 0 Å². The van der Waals surface area contributed by atoms with E-state index in [1.165, 1.54) is 32.1 Å². The van der Waals surface area contributed by atoms with Gasteiger partial charge in [-0.25, -0.2) is 0 Å². The van der Waals surface area contributed by atoms with Gasteiger partial charge in [0.15, 0.2) is 0 Å². The molecular formula is C20H33BrO. The first-order valence-electron chi connectivity index (χ1n) is 9.19. The van der Waals surface area contributed by atoms with Gasteiger partial charge in [-0.05, 0) is 81.5 Å². The molecule has 22 heavy (non-hydrogen) atoms. The summed E-state index contributed by atoms with van der Waals surface area (Å²) in [6, 6.07) is 0. The SMILES string of the molecule is CC1=C(C(C)C)CC[C@]12CC[C@]1(C)[C@@H](Br)CC[C@@](C)(O)[C@H]1C2. The zero-order chi connectivity index (χ0) is 16.3. The van der Waals surface area contributed by atoms with Gasteiger partial charge in [0.2, 0.25) is 0 Å². The standard InChI is InChI=1S/C20H33BrO/c1-13(2)15-6-9-20(14(15)3)11-10-18(4)16(12-20)19(5,22)8-7-17(18)21/h13,16-17,22H,6-12H2,1-5H3/t16-,17-,18-,19+,20+/m0/s1. The van der Waals surface area contributed by atoms with Crippen LogP contribution in [0.4, 0.5) is 0 Å². The second-order valence-corrected chi connectivity index (χ2v) is 10.3. The van der Waals surface area contributed by atoms with E-state index in [0.717, 1.165) is 12.8 Å². The molecule has 0 saturated heterocycles. The summed E-state index contributed by atoms with van der Waals surface area (Å²) >= 11 is 3.96. The lowest BCUT2D eigenvalue weighted by Crippen LogP contribution is -2.57. The molecule has 2 fully saturated rings. The average molecular weight is 369 g/mol. The molecule has 0 aromatic heterocycles. The van der Waals surface area contributed by atoms with E-state index in [-0.39, 0.29) is 5.41 Å². The number of rotatable bonds is 1. The summed E-state index contributed by atoms with van der Waals surface area (Å²) in [5, 5.41) is 11.1. The Morgan fingerprint density at radius 2 is 1.82 bits per heavy atom. The topological polar surface area (TPSA) is 20.2 Å². The molecule has 3 rings (SSSR count). The largest absolute Gasteiger partial charge is 0.390 e. The highest BCUT2D eigenvalue weighted by atomic mass is 79.9. The van der Waals surface area contributed by atoms with Crippen LogP contribution in [0.25, 0.3) is 0 Å². The van der Waals surface area contributed by atoms with Crippen LogP contribution in [-0.2, 0) is 0 Å². The molecule has 0 amide bonds. The summed E-state index contributed by atoms with van der Waals surface area (Å²) in [6.45, 7) is 11.6. The predicted molar refractivity (Wildman–Crippen MR) is 97.2 cm³/mol. The van der Waals surface area contributed by atoms with Gasteiger partial charge in [0, 0.05) is 4.83 Å². The Kier molecular flexibility index (Phi) is 4.13. The van der Waals surface area contributed by atoms with E-state index in [1.807, 2.05) is 0 Å². The molecule has 1 nitrogen and oxygen atoms in total. The first-order chi connectivity index (χ1) is 10.1. The molecule has 5 atom stereocenters. The zero-order valence-corrected chi connectivity index (χ0v) is 16.6. The molecule has 0 bridgehead atoms. The maximum atomic E-state index is 11.1. The van der Waals surface area contributed by atoms with Gasteiger partial charge < -0.3 is 5.11 Å². The normalized spacial score (nSPS) is 49.1. The van der Waals surface area contributed by atoms with Crippen molar-refractivity contribution in [2.45, 2.75) is 90.0 Å². The third-order valence-electron chi connectivity index (χ3n) is 7.75. The van der Waals surface area contributed by atoms with E-state index in [0.29, 0.717) is 22.1 Å². The molecule has 1 spiro atoms. The minimum Gasteiger partial charge on any atom is -0.390 e. The van der Waals surface area contributed by atoms with Crippen LogP contribution in [0, 0.1) is 22.7 Å². The molecule has 0 heterocycles. The fourth-order valence-corrected chi connectivity index (χ4v) is 6.79. The summed E-state index contributed by atoms with van der Waals surface area (Å²) in [7, 11) is 0. The van der Waals surface area contributed by atoms with Crippen LogP contribution in [0.2, 0.25) is 0 Å². The molecule has 0 radical (unpaired) electrons. The Morgan fingerprint density at radius 1 is 1.14 bits per heavy atom. The van der Waals surface area contributed by atoms with Crippen LogP contribution in [0.1, 0.15) is 79.6 Å². The highest BCUT2D eigenvalue weighted by Gasteiger charge is 2.58. The summed E-state index contributed by atoms with van der Waals surface area (Å²) in [5.41, 5.74) is 3.53. The highest BCUT2D eigenvalue weighted by Crippen LogP contribution is 2.64. The predicted octanol–water partition coefficient (Wildman–Crippen LogP) is 5.85. The fraction of sp³-hybridized carbons (Fsp3) is 0.900. The lowest BCUT2D eigenvalue weighted by molar-refractivity contribution is -0.130. The smallest absolute Gasteiger partial charge is 0.0654 e. The Hall–Kier alpha value is 0.180. The monoisotopic (exact) mass is 368 g/mol.